The Balaban J connectivity index is 0.00000338. The monoisotopic (exact) mass is 738 g/mol. The number of carbonyl (C=O) groups excluding carboxylic acids is 2. The average molecular weight is 739 g/mol. The third-order valence-corrected chi connectivity index (χ3v) is 9.85. The molecule has 4 aromatic rings. The van der Waals surface area contributed by atoms with Crippen molar-refractivity contribution in [1.82, 2.24) is 0 Å². The van der Waals surface area contributed by atoms with Gasteiger partial charge in [-0.3, -0.25) is 18.7 Å². The number of hydrogen-bond acceptors (Lipinski definition) is 10. The molecule has 0 bridgehead atoms. The van der Waals surface area contributed by atoms with E-state index in [1.54, 1.807) is 12.1 Å². The van der Waals surface area contributed by atoms with Crippen molar-refractivity contribution in [2.75, 3.05) is 10.6 Å². The van der Waals surface area contributed by atoms with Crippen LogP contribution in [-0.2, 0) is 33.1 Å². The fourth-order valence-electron chi connectivity index (χ4n) is 5.68. The summed E-state index contributed by atoms with van der Waals surface area (Å²) in [6.45, 7) is 3.93. The van der Waals surface area contributed by atoms with Crippen molar-refractivity contribution in [2.24, 2.45) is 0 Å². The van der Waals surface area contributed by atoms with E-state index in [0.29, 0.717) is 24.0 Å². The van der Waals surface area contributed by atoms with Crippen LogP contribution >= 0.6 is 0 Å². The van der Waals surface area contributed by atoms with E-state index in [4.69, 9.17) is 0 Å². The number of carbonyl (C=O) groups is 2. The molecule has 50 heavy (non-hydrogen) atoms. The molecule has 0 spiro atoms. The Morgan fingerprint density at radius 3 is 1.22 bits per heavy atom. The van der Waals surface area contributed by atoms with Crippen LogP contribution in [0.5, 0.6) is 11.5 Å². The number of unbranched alkanes of at least 4 members (excludes halogenated alkanes) is 2. The largest absolute Gasteiger partial charge is 1.00 e. The molecule has 0 atom stereocenters. The van der Waals surface area contributed by atoms with Gasteiger partial charge in [-0.2, -0.15) is 16.8 Å². The van der Waals surface area contributed by atoms with Gasteiger partial charge < -0.3 is 20.8 Å². The first-order valence-corrected chi connectivity index (χ1v) is 18.1. The van der Waals surface area contributed by atoms with Gasteiger partial charge in [0.2, 0.25) is 0 Å². The van der Waals surface area contributed by atoms with Crippen LogP contribution in [0.4, 0.5) is 22.7 Å². The predicted octanol–water partition coefficient (Wildman–Crippen LogP) is -0.717. The predicted molar refractivity (Wildman–Crippen MR) is 175 cm³/mol. The number of aryl methyl sites for hydroxylation is 2. The van der Waals surface area contributed by atoms with Crippen LogP contribution in [0.2, 0.25) is 0 Å². The SMILES string of the molecule is CCCCc1ccc(Nc2ccc(Nc3ccc(CCCC)cc3S(=O)(=O)O)c3c2C(=O)c2c([O-])ccc([O-])c2C3=O)c(S(=O)(=O)O)c1.[Na+].[Na+]. The van der Waals surface area contributed by atoms with Crippen molar-refractivity contribution in [1.29, 1.82) is 0 Å². The maximum absolute atomic E-state index is 14.0. The zero-order chi connectivity index (χ0) is 35.0. The van der Waals surface area contributed by atoms with Gasteiger partial charge in [0.15, 0.2) is 11.6 Å². The normalized spacial score (nSPS) is 12.3. The minimum Gasteiger partial charge on any atom is -0.872 e. The summed E-state index contributed by atoms with van der Waals surface area (Å²) in [5.74, 6) is -3.78. The fraction of sp³-hybridized carbons (Fsp3) is 0.235. The fourth-order valence-corrected chi connectivity index (χ4v) is 7.07. The van der Waals surface area contributed by atoms with Crippen LogP contribution in [0, 0.1) is 0 Å². The molecular formula is C34H32N2Na2O10S2. The van der Waals surface area contributed by atoms with Gasteiger partial charge in [0.25, 0.3) is 20.2 Å². The number of anilines is 4. The molecule has 0 amide bonds. The molecule has 16 heteroatoms. The summed E-state index contributed by atoms with van der Waals surface area (Å²) < 4.78 is 69.7. The van der Waals surface area contributed by atoms with Crippen LogP contribution in [-0.4, -0.2) is 37.5 Å². The third-order valence-electron chi connectivity index (χ3n) is 8.07. The van der Waals surface area contributed by atoms with Gasteiger partial charge in [-0.05, 0) is 73.2 Å². The van der Waals surface area contributed by atoms with E-state index in [0.717, 1.165) is 37.8 Å². The van der Waals surface area contributed by atoms with E-state index in [9.17, 15) is 45.7 Å². The summed E-state index contributed by atoms with van der Waals surface area (Å²) in [5, 5.41) is 31.3. The Bertz CT molecular complexity index is 2040. The van der Waals surface area contributed by atoms with Crippen molar-refractivity contribution >= 4 is 54.6 Å². The molecule has 0 radical (unpaired) electrons. The summed E-state index contributed by atoms with van der Waals surface area (Å²) in [4.78, 5) is 27.0. The van der Waals surface area contributed by atoms with Gasteiger partial charge in [0.1, 0.15) is 9.79 Å². The van der Waals surface area contributed by atoms with Crippen molar-refractivity contribution in [3.05, 3.63) is 94.0 Å². The molecule has 4 N–H and O–H groups in total. The first kappa shape index (κ1) is 41.7. The van der Waals surface area contributed by atoms with Gasteiger partial charge >= 0.3 is 59.1 Å². The number of ketones is 2. The minimum atomic E-state index is -4.78. The van der Waals surface area contributed by atoms with E-state index in [1.165, 1.54) is 36.4 Å². The minimum absolute atomic E-state index is 0. The maximum atomic E-state index is 14.0. The molecule has 0 aromatic heterocycles. The number of rotatable bonds is 12. The summed E-state index contributed by atoms with van der Waals surface area (Å²) in [5.41, 5.74) is -1.40. The summed E-state index contributed by atoms with van der Waals surface area (Å²) >= 11 is 0. The van der Waals surface area contributed by atoms with E-state index in [2.05, 4.69) is 10.6 Å². The van der Waals surface area contributed by atoms with Gasteiger partial charge in [-0.25, -0.2) is 0 Å². The maximum Gasteiger partial charge on any atom is 1.00 e. The van der Waals surface area contributed by atoms with Crippen molar-refractivity contribution in [3.8, 4) is 11.5 Å². The van der Waals surface area contributed by atoms with Crippen molar-refractivity contribution in [2.45, 2.75) is 62.2 Å². The van der Waals surface area contributed by atoms with Crippen molar-refractivity contribution < 1.29 is 105 Å². The molecule has 1 aliphatic rings. The van der Waals surface area contributed by atoms with Gasteiger partial charge in [-0.1, -0.05) is 62.5 Å². The molecule has 0 heterocycles. The van der Waals surface area contributed by atoms with Crippen LogP contribution in [0.1, 0.15) is 82.5 Å². The number of fused-ring (bicyclic) bond motifs is 2. The quantitative estimate of drug-likeness (QED) is 0.0923. The number of hydrogen-bond donors (Lipinski definition) is 4. The van der Waals surface area contributed by atoms with E-state index >= 15 is 0 Å². The Hall–Kier alpha value is -2.76. The summed E-state index contributed by atoms with van der Waals surface area (Å²) in [6.07, 6.45) is 4.27. The molecular weight excluding hydrogens is 706 g/mol. The first-order chi connectivity index (χ1) is 22.6. The van der Waals surface area contributed by atoms with Crippen LogP contribution in [0.3, 0.4) is 0 Å². The van der Waals surface area contributed by atoms with Gasteiger partial charge in [0.05, 0.1) is 33.9 Å². The molecule has 0 saturated carbocycles. The second kappa shape index (κ2) is 16.7. The Labute approximate surface area is 334 Å². The second-order valence-electron chi connectivity index (χ2n) is 11.4. The molecule has 0 saturated heterocycles. The smallest absolute Gasteiger partial charge is 0.872 e. The summed E-state index contributed by atoms with van der Waals surface area (Å²) in [7, 11) is -9.57. The Morgan fingerprint density at radius 1 is 0.560 bits per heavy atom. The second-order valence-corrected chi connectivity index (χ2v) is 14.2. The summed E-state index contributed by atoms with van der Waals surface area (Å²) in [6, 6.07) is 13.0. The zero-order valence-electron chi connectivity index (χ0n) is 28.0. The molecule has 1 aliphatic carbocycles. The van der Waals surface area contributed by atoms with E-state index in [-0.39, 0.29) is 81.9 Å². The molecule has 4 aromatic carbocycles. The molecule has 0 fully saturated rings. The molecule has 0 unspecified atom stereocenters. The molecule has 0 aliphatic heterocycles. The average Bonchev–Trinajstić information content (AvgIpc) is 3.03. The first-order valence-electron chi connectivity index (χ1n) is 15.2. The van der Waals surface area contributed by atoms with Gasteiger partial charge in [0, 0.05) is 11.1 Å². The van der Waals surface area contributed by atoms with E-state index in [1.807, 2.05) is 13.8 Å². The van der Waals surface area contributed by atoms with E-state index < -0.39 is 75.3 Å². The third kappa shape index (κ3) is 8.64. The van der Waals surface area contributed by atoms with Crippen LogP contribution in [0.15, 0.2) is 70.5 Å². The van der Waals surface area contributed by atoms with Crippen LogP contribution in [0.25, 0.3) is 0 Å². The Kier molecular flexibility index (Phi) is 13.9. The van der Waals surface area contributed by atoms with Crippen molar-refractivity contribution in [3.63, 3.8) is 0 Å². The topological polar surface area (TPSA) is 213 Å². The standard InChI is InChI=1S/C34H34N2O10S2.2Na/c1-3-5-7-19-9-11-21(27(17-19)47(41,42)43)35-23-13-14-24(36-22-12-10-20(8-6-4-2)18-28(22)48(44,45)46)30-29(23)33(39)31-25(37)15-16-26(38)32(31)34(30)40;;/h9-18,35-38H,3-8H2,1-2H3,(H,41,42,43)(H,44,45,46);;/q;2*+1/p-2. The Morgan fingerprint density at radius 2 is 0.900 bits per heavy atom. The molecule has 12 nitrogen and oxygen atoms in total. The van der Waals surface area contributed by atoms with Crippen LogP contribution < -0.4 is 80.0 Å². The number of benzene rings is 4. The van der Waals surface area contributed by atoms with Gasteiger partial charge in [-0.15, -0.1) is 0 Å². The number of nitrogens with one attached hydrogen (secondary N) is 2. The molecule has 5 rings (SSSR count). The zero-order valence-corrected chi connectivity index (χ0v) is 33.6. The molecule has 252 valence electrons.